The molecule has 1 aliphatic rings. The molecule has 1 aliphatic heterocycles. The summed E-state index contributed by atoms with van der Waals surface area (Å²) in [7, 11) is 0. The van der Waals surface area contributed by atoms with Crippen LogP contribution in [0.3, 0.4) is 0 Å². The van der Waals surface area contributed by atoms with E-state index in [1.54, 1.807) is 17.4 Å². The quantitative estimate of drug-likeness (QED) is 0.822. The van der Waals surface area contributed by atoms with Crippen molar-refractivity contribution < 1.29 is 4.79 Å². The lowest BCUT2D eigenvalue weighted by molar-refractivity contribution is -0.118. The first-order valence-corrected chi connectivity index (χ1v) is 7.24. The Morgan fingerprint density at radius 3 is 2.82 bits per heavy atom. The van der Waals surface area contributed by atoms with E-state index in [0.717, 1.165) is 49.8 Å². The van der Waals surface area contributed by atoms with E-state index in [1.807, 2.05) is 24.4 Å². The molecule has 1 saturated heterocycles. The van der Waals surface area contributed by atoms with Gasteiger partial charge in [-0.1, -0.05) is 6.07 Å². The van der Waals surface area contributed by atoms with Gasteiger partial charge in [0, 0.05) is 51.2 Å². The number of nitrogens with one attached hydrogen (secondary N) is 1. The van der Waals surface area contributed by atoms with Crippen LogP contribution >= 0.6 is 0 Å². The van der Waals surface area contributed by atoms with Crippen molar-refractivity contribution in [2.24, 2.45) is 0 Å². The molecule has 7 nitrogen and oxygen atoms in total. The van der Waals surface area contributed by atoms with Crippen LogP contribution in [-0.4, -0.2) is 52.4 Å². The summed E-state index contributed by atoms with van der Waals surface area (Å²) in [4.78, 5) is 27.3. The van der Waals surface area contributed by atoms with E-state index in [1.165, 1.54) is 0 Å². The van der Waals surface area contributed by atoms with E-state index in [0.29, 0.717) is 6.54 Å². The van der Waals surface area contributed by atoms with Gasteiger partial charge < -0.3 is 15.1 Å². The fourth-order valence-electron chi connectivity index (χ4n) is 2.37. The molecule has 0 unspecified atom stereocenters. The Morgan fingerprint density at radius 1 is 1.23 bits per heavy atom. The van der Waals surface area contributed by atoms with E-state index in [2.05, 4.69) is 25.2 Å². The second-order valence-corrected chi connectivity index (χ2v) is 5.10. The van der Waals surface area contributed by atoms with Gasteiger partial charge in [-0.15, -0.1) is 0 Å². The van der Waals surface area contributed by atoms with Crippen molar-refractivity contribution >= 4 is 18.0 Å². The van der Waals surface area contributed by atoms with E-state index in [4.69, 9.17) is 0 Å². The van der Waals surface area contributed by atoms with E-state index in [-0.39, 0.29) is 0 Å². The van der Waals surface area contributed by atoms with Crippen molar-refractivity contribution in [1.82, 2.24) is 19.9 Å². The van der Waals surface area contributed by atoms with Gasteiger partial charge in [-0.05, 0) is 11.6 Å². The van der Waals surface area contributed by atoms with Crippen molar-refractivity contribution in [1.29, 1.82) is 0 Å². The van der Waals surface area contributed by atoms with Crippen molar-refractivity contribution in [3.63, 3.8) is 0 Å². The van der Waals surface area contributed by atoms with Gasteiger partial charge in [-0.25, -0.2) is 9.97 Å². The minimum atomic E-state index is 0.670. The van der Waals surface area contributed by atoms with Crippen LogP contribution in [0.5, 0.6) is 0 Å². The largest absolute Gasteiger partial charge is 0.366 e. The molecule has 22 heavy (non-hydrogen) atoms. The maximum Gasteiger partial charge on any atom is 0.209 e. The standard InChI is InChI=1S/C15H18N6O/c22-12-20-4-6-21(7-5-20)15-8-14(18-11-19-15)17-10-13-2-1-3-16-9-13/h1-3,8-9,11-12H,4-7,10H2,(H,17,18,19). The normalized spacial score (nSPS) is 14.7. The summed E-state index contributed by atoms with van der Waals surface area (Å²) in [6.07, 6.45) is 6.05. The number of piperazine rings is 1. The first kappa shape index (κ1) is 14.2. The summed E-state index contributed by atoms with van der Waals surface area (Å²) in [6, 6.07) is 5.86. The molecule has 7 heteroatoms. The van der Waals surface area contributed by atoms with Crippen LogP contribution in [-0.2, 0) is 11.3 Å². The highest BCUT2D eigenvalue weighted by atomic mass is 16.1. The van der Waals surface area contributed by atoms with Crippen LogP contribution in [0.4, 0.5) is 11.6 Å². The third-order valence-electron chi connectivity index (χ3n) is 3.64. The van der Waals surface area contributed by atoms with Gasteiger partial charge in [-0.2, -0.15) is 0 Å². The van der Waals surface area contributed by atoms with Crippen LogP contribution in [0.1, 0.15) is 5.56 Å². The lowest BCUT2D eigenvalue weighted by Crippen LogP contribution is -2.46. The molecular weight excluding hydrogens is 280 g/mol. The second kappa shape index (κ2) is 6.84. The Hall–Kier alpha value is -2.70. The number of hydrogen-bond donors (Lipinski definition) is 1. The van der Waals surface area contributed by atoms with E-state index < -0.39 is 0 Å². The highest BCUT2D eigenvalue weighted by Crippen LogP contribution is 2.16. The molecule has 0 atom stereocenters. The summed E-state index contributed by atoms with van der Waals surface area (Å²) >= 11 is 0. The highest BCUT2D eigenvalue weighted by molar-refractivity contribution is 5.51. The molecule has 1 N–H and O–H groups in total. The van der Waals surface area contributed by atoms with Crippen LogP contribution < -0.4 is 10.2 Å². The maximum atomic E-state index is 10.7. The highest BCUT2D eigenvalue weighted by Gasteiger charge is 2.16. The molecule has 0 radical (unpaired) electrons. The number of nitrogens with zero attached hydrogens (tertiary/aromatic N) is 5. The lowest BCUT2D eigenvalue weighted by Gasteiger charge is -2.33. The van der Waals surface area contributed by atoms with Crippen molar-refractivity contribution in [2.75, 3.05) is 36.4 Å². The number of amides is 1. The number of carbonyl (C=O) groups excluding carboxylic acids is 1. The predicted molar refractivity (Wildman–Crippen MR) is 83.4 cm³/mol. The van der Waals surface area contributed by atoms with Crippen LogP contribution in [0, 0.1) is 0 Å². The fourth-order valence-corrected chi connectivity index (χ4v) is 2.37. The summed E-state index contributed by atoms with van der Waals surface area (Å²) < 4.78 is 0. The molecule has 0 aromatic carbocycles. The number of rotatable bonds is 5. The fraction of sp³-hybridized carbons (Fsp3) is 0.333. The zero-order valence-electron chi connectivity index (χ0n) is 12.2. The number of pyridine rings is 1. The zero-order valence-corrected chi connectivity index (χ0v) is 12.2. The molecule has 0 aliphatic carbocycles. The third-order valence-corrected chi connectivity index (χ3v) is 3.64. The minimum absolute atomic E-state index is 0.670. The maximum absolute atomic E-state index is 10.7. The first-order valence-electron chi connectivity index (χ1n) is 7.24. The monoisotopic (exact) mass is 298 g/mol. The Labute approximate surface area is 129 Å². The van der Waals surface area contributed by atoms with E-state index in [9.17, 15) is 4.79 Å². The molecule has 2 aromatic heterocycles. The van der Waals surface area contributed by atoms with Crippen LogP contribution in [0.25, 0.3) is 0 Å². The summed E-state index contributed by atoms with van der Waals surface area (Å²) in [6.45, 7) is 3.71. The molecule has 3 rings (SSSR count). The van der Waals surface area contributed by atoms with Gasteiger partial charge in [0.15, 0.2) is 0 Å². The van der Waals surface area contributed by atoms with Crippen molar-refractivity contribution in [3.05, 3.63) is 42.5 Å². The molecule has 2 aromatic rings. The Kier molecular flexibility index (Phi) is 4.43. The van der Waals surface area contributed by atoms with E-state index >= 15 is 0 Å². The van der Waals surface area contributed by atoms with Gasteiger partial charge >= 0.3 is 0 Å². The molecule has 1 amide bonds. The minimum Gasteiger partial charge on any atom is -0.366 e. The van der Waals surface area contributed by atoms with Gasteiger partial charge in [0.2, 0.25) is 6.41 Å². The summed E-state index contributed by atoms with van der Waals surface area (Å²) in [5.41, 5.74) is 1.10. The molecule has 0 saturated carbocycles. The Balaban J connectivity index is 1.61. The van der Waals surface area contributed by atoms with Crippen molar-refractivity contribution in [2.45, 2.75) is 6.54 Å². The zero-order chi connectivity index (χ0) is 15.2. The number of anilines is 2. The second-order valence-electron chi connectivity index (χ2n) is 5.10. The molecule has 1 fully saturated rings. The average molecular weight is 298 g/mol. The topological polar surface area (TPSA) is 74.2 Å². The smallest absolute Gasteiger partial charge is 0.209 e. The first-order chi connectivity index (χ1) is 10.8. The Bertz CT molecular complexity index is 612. The molecule has 0 bridgehead atoms. The van der Waals surface area contributed by atoms with Gasteiger partial charge in [0.05, 0.1) is 0 Å². The lowest BCUT2D eigenvalue weighted by atomic mass is 10.3. The van der Waals surface area contributed by atoms with Gasteiger partial charge in [0.1, 0.15) is 18.0 Å². The predicted octanol–water partition coefficient (Wildman–Crippen LogP) is 0.762. The number of aromatic nitrogens is 3. The SMILES string of the molecule is O=CN1CCN(c2cc(NCc3cccnc3)ncn2)CC1. The molecule has 114 valence electrons. The number of carbonyl (C=O) groups is 1. The molecule has 0 spiro atoms. The molecular formula is C15H18N6O. The summed E-state index contributed by atoms with van der Waals surface area (Å²) in [5.74, 6) is 1.67. The van der Waals surface area contributed by atoms with Crippen LogP contribution in [0.2, 0.25) is 0 Å². The summed E-state index contributed by atoms with van der Waals surface area (Å²) in [5, 5.41) is 3.28. The number of hydrogen-bond acceptors (Lipinski definition) is 6. The average Bonchev–Trinajstić information content (AvgIpc) is 2.61. The van der Waals surface area contributed by atoms with Gasteiger partial charge in [-0.3, -0.25) is 9.78 Å². The molecule has 3 heterocycles. The third kappa shape index (κ3) is 3.49. The van der Waals surface area contributed by atoms with Crippen molar-refractivity contribution in [3.8, 4) is 0 Å². The Morgan fingerprint density at radius 2 is 2.09 bits per heavy atom. The van der Waals surface area contributed by atoms with Crippen LogP contribution in [0.15, 0.2) is 36.9 Å². The van der Waals surface area contributed by atoms with Gasteiger partial charge in [0.25, 0.3) is 0 Å².